The highest BCUT2D eigenvalue weighted by Crippen LogP contribution is 2.16. The van der Waals surface area contributed by atoms with E-state index in [2.05, 4.69) is 5.32 Å². The molecule has 1 aliphatic rings. The zero-order valence-corrected chi connectivity index (χ0v) is 11.0. The molecule has 2 rings (SSSR count). The molecule has 0 bridgehead atoms. The number of rotatable bonds is 6. The maximum absolute atomic E-state index is 12.1. The lowest BCUT2D eigenvalue weighted by molar-refractivity contribution is -0.139. The SMILES string of the molecule is COCCN[C@@H]1CC(=O)N(Cc2ccccc2)C1=O. The Morgan fingerprint density at radius 1 is 1.32 bits per heavy atom. The first-order chi connectivity index (χ1) is 9.22. The molecular formula is C14H18N2O3. The van der Waals surface area contributed by atoms with E-state index < -0.39 is 6.04 Å². The highest BCUT2D eigenvalue weighted by Gasteiger charge is 2.37. The number of nitrogens with one attached hydrogen (secondary N) is 1. The number of ether oxygens (including phenoxy) is 1. The minimum atomic E-state index is -0.411. The fourth-order valence-electron chi connectivity index (χ4n) is 2.11. The summed E-state index contributed by atoms with van der Waals surface area (Å²) >= 11 is 0. The number of hydrogen-bond acceptors (Lipinski definition) is 4. The van der Waals surface area contributed by atoms with Gasteiger partial charge in [0.2, 0.25) is 11.8 Å². The zero-order chi connectivity index (χ0) is 13.7. The normalized spacial score (nSPS) is 19.2. The second-order valence-corrected chi connectivity index (χ2v) is 4.51. The van der Waals surface area contributed by atoms with Crippen LogP contribution in [-0.2, 0) is 20.9 Å². The number of benzene rings is 1. The largest absolute Gasteiger partial charge is 0.383 e. The Bertz CT molecular complexity index is 447. The maximum Gasteiger partial charge on any atom is 0.247 e. The fraction of sp³-hybridized carbons (Fsp3) is 0.429. The molecule has 1 saturated heterocycles. The van der Waals surface area contributed by atoms with Crippen LogP contribution in [0.2, 0.25) is 0 Å². The van der Waals surface area contributed by atoms with Crippen LogP contribution >= 0.6 is 0 Å². The molecule has 1 heterocycles. The summed E-state index contributed by atoms with van der Waals surface area (Å²) in [6, 6.07) is 9.11. The molecule has 0 aromatic heterocycles. The van der Waals surface area contributed by atoms with Crippen LogP contribution in [0.3, 0.4) is 0 Å². The van der Waals surface area contributed by atoms with Crippen LogP contribution in [0.1, 0.15) is 12.0 Å². The monoisotopic (exact) mass is 262 g/mol. The van der Waals surface area contributed by atoms with Crippen molar-refractivity contribution in [2.75, 3.05) is 20.3 Å². The molecule has 1 fully saturated rings. The molecule has 0 aliphatic carbocycles. The van der Waals surface area contributed by atoms with Crippen LogP contribution < -0.4 is 5.32 Å². The van der Waals surface area contributed by atoms with Crippen molar-refractivity contribution in [1.29, 1.82) is 0 Å². The van der Waals surface area contributed by atoms with Gasteiger partial charge in [-0.3, -0.25) is 14.5 Å². The van der Waals surface area contributed by atoms with Gasteiger partial charge in [-0.25, -0.2) is 0 Å². The van der Waals surface area contributed by atoms with Gasteiger partial charge < -0.3 is 10.1 Å². The minimum absolute atomic E-state index is 0.122. The van der Waals surface area contributed by atoms with Gasteiger partial charge in [-0.2, -0.15) is 0 Å². The first kappa shape index (κ1) is 13.7. The molecule has 0 radical (unpaired) electrons. The predicted molar refractivity (Wildman–Crippen MR) is 70.3 cm³/mol. The first-order valence-electron chi connectivity index (χ1n) is 6.33. The highest BCUT2D eigenvalue weighted by molar-refractivity contribution is 6.05. The average molecular weight is 262 g/mol. The Morgan fingerprint density at radius 3 is 2.74 bits per heavy atom. The van der Waals surface area contributed by atoms with Crippen LogP contribution in [0, 0.1) is 0 Å². The second-order valence-electron chi connectivity index (χ2n) is 4.51. The van der Waals surface area contributed by atoms with Crippen molar-refractivity contribution in [2.24, 2.45) is 0 Å². The summed E-state index contributed by atoms with van der Waals surface area (Å²) in [5, 5.41) is 3.04. The smallest absolute Gasteiger partial charge is 0.247 e. The number of amides is 2. The molecule has 0 spiro atoms. The van der Waals surface area contributed by atoms with Gasteiger partial charge in [-0.15, -0.1) is 0 Å². The predicted octanol–water partition coefficient (Wildman–Crippen LogP) is 0.550. The van der Waals surface area contributed by atoms with Gasteiger partial charge in [0.05, 0.1) is 25.6 Å². The van der Waals surface area contributed by atoms with Crippen molar-refractivity contribution in [3.8, 4) is 0 Å². The van der Waals surface area contributed by atoms with Gasteiger partial charge in [0, 0.05) is 13.7 Å². The van der Waals surface area contributed by atoms with E-state index >= 15 is 0 Å². The molecule has 0 saturated carbocycles. The summed E-state index contributed by atoms with van der Waals surface area (Å²) in [6.07, 6.45) is 0.232. The quantitative estimate of drug-likeness (QED) is 0.601. The average Bonchev–Trinajstić information content (AvgIpc) is 2.68. The van der Waals surface area contributed by atoms with E-state index in [9.17, 15) is 9.59 Å². The van der Waals surface area contributed by atoms with Gasteiger partial charge in [-0.1, -0.05) is 30.3 Å². The Kier molecular flexibility index (Phi) is 4.65. The maximum atomic E-state index is 12.1. The number of carbonyl (C=O) groups is 2. The van der Waals surface area contributed by atoms with E-state index in [1.165, 1.54) is 4.90 Å². The van der Waals surface area contributed by atoms with Crippen molar-refractivity contribution in [2.45, 2.75) is 19.0 Å². The molecule has 1 aromatic rings. The molecule has 102 valence electrons. The zero-order valence-electron chi connectivity index (χ0n) is 11.0. The first-order valence-corrected chi connectivity index (χ1v) is 6.33. The molecule has 0 unspecified atom stereocenters. The standard InChI is InChI=1S/C14H18N2O3/c1-19-8-7-15-12-9-13(17)16(14(12)18)10-11-5-3-2-4-6-11/h2-6,12,15H,7-10H2,1H3/t12-/m1/s1. The summed E-state index contributed by atoms with van der Waals surface area (Å²) in [7, 11) is 1.60. The second kappa shape index (κ2) is 6.45. The Hall–Kier alpha value is -1.72. The van der Waals surface area contributed by atoms with E-state index in [4.69, 9.17) is 4.74 Å². The minimum Gasteiger partial charge on any atom is -0.383 e. The molecule has 1 atom stereocenters. The molecule has 5 nitrogen and oxygen atoms in total. The van der Waals surface area contributed by atoms with Crippen LogP contribution in [0.5, 0.6) is 0 Å². The Balaban J connectivity index is 1.95. The number of methoxy groups -OCH3 is 1. The van der Waals surface area contributed by atoms with Crippen LogP contribution in [0.15, 0.2) is 30.3 Å². The Morgan fingerprint density at radius 2 is 2.05 bits per heavy atom. The van der Waals surface area contributed by atoms with E-state index in [-0.39, 0.29) is 18.2 Å². The summed E-state index contributed by atoms with van der Waals surface area (Å²) < 4.78 is 4.91. The third-order valence-electron chi connectivity index (χ3n) is 3.12. The lowest BCUT2D eigenvalue weighted by Gasteiger charge is -2.15. The summed E-state index contributed by atoms with van der Waals surface area (Å²) in [5.41, 5.74) is 0.960. The highest BCUT2D eigenvalue weighted by atomic mass is 16.5. The molecule has 2 amide bonds. The van der Waals surface area contributed by atoms with Gasteiger partial charge in [0.1, 0.15) is 0 Å². The van der Waals surface area contributed by atoms with Gasteiger partial charge in [0.25, 0.3) is 0 Å². The van der Waals surface area contributed by atoms with E-state index in [0.717, 1.165) is 5.56 Å². The van der Waals surface area contributed by atoms with E-state index in [0.29, 0.717) is 19.7 Å². The van der Waals surface area contributed by atoms with E-state index in [1.807, 2.05) is 30.3 Å². The molecule has 1 N–H and O–H groups in total. The molecule has 19 heavy (non-hydrogen) atoms. The van der Waals surface area contributed by atoms with Crippen LogP contribution in [0.25, 0.3) is 0 Å². The lowest BCUT2D eigenvalue weighted by atomic mass is 10.2. The van der Waals surface area contributed by atoms with Crippen molar-refractivity contribution >= 4 is 11.8 Å². The van der Waals surface area contributed by atoms with Crippen LogP contribution in [-0.4, -0.2) is 43.0 Å². The van der Waals surface area contributed by atoms with Crippen molar-refractivity contribution in [1.82, 2.24) is 10.2 Å². The number of likely N-dealkylation sites (tertiary alicyclic amines) is 1. The molecular weight excluding hydrogens is 244 g/mol. The molecule has 1 aromatic carbocycles. The van der Waals surface area contributed by atoms with Gasteiger partial charge >= 0.3 is 0 Å². The van der Waals surface area contributed by atoms with E-state index in [1.54, 1.807) is 7.11 Å². The van der Waals surface area contributed by atoms with Gasteiger partial charge in [-0.05, 0) is 5.56 Å². The number of nitrogens with zero attached hydrogens (tertiary/aromatic N) is 1. The summed E-state index contributed by atoms with van der Waals surface area (Å²) in [6.45, 7) is 1.44. The summed E-state index contributed by atoms with van der Waals surface area (Å²) in [5.74, 6) is -0.270. The van der Waals surface area contributed by atoms with Crippen molar-refractivity contribution in [3.63, 3.8) is 0 Å². The lowest BCUT2D eigenvalue weighted by Crippen LogP contribution is -2.39. The summed E-state index contributed by atoms with van der Waals surface area (Å²) in [4.78, 5) is 25.3. The topological polar surface area (TPSA) is 58.6 Å². The number of hydrogen-bond donors (Lipinski definition) is 1. The molecule has 5 heteroatoms. The fourth-order valence-corrected chi connectivity index (χ4v) is 2.11. The third kappa shape index (κ3) is 3.39. The van der Waals surface area contributed by atoms with Crippen molar-refractivity contribution < 1.29 is 14.3 Å². The Labute approximate surface area is 112 Å². The van der Waals surface area contributed by atoms with Crippen molar-refractivity contribution in [3.05, 3.63) is 35.9 Å². The van der Waals surface area contributed by atoms with Gasteiger partial charge in [0.15, 0.2) is 0 Å². The number of carbonyl (C=O) groups excluding carboxylic acids is 2. The molecule has 1 aliphatic heterocycles. The number of imide groups is 1. The third-order valence-corrected chi connectivity index (χ3v) is 3.12. The van der Waals surface area contributed by atoms with Crippen LogP contribution in [0.4, 0.5) is 0 Å².